The summed E-state index contributed by atoms with van der Waals surface area (Å²) in [5.41, 5.74) is 0. The Kier molecular flexibility index (Phi) is 44.2. The summed E-state index contributed by atoms with van der Waals surface area (Å²) in [4.78, 5) is 37.1. The molecular weight excluding hydrogens is 791 g/mol. The third-order valence-electron chi connectivity index (χ3n) is 11.4. The highest BCUT2D eigenvalue weighted by molar-refractivity contribution is 5.71. The van der Waals surface area contributed by atoms with Crippen LogP contribution in [0, 0.1) is 0 Å². The quantitative estimate of drug-likeness (QED) is 0.0212. The van der Waals surface area contributed by atoms with E-state index in [-0.39, 0.29) is 32.2 Å². The molecule has 0 radical (unpaired) electrons. The molecule has 0 saturated carbocycles. The summed E-state index contributed by atoms with van der Waals surface area (Å²) in [6, 6.07) is 0. The van der Waals surface area contributed by atoms with Gasteiger partial charge >= 0.3 is 17.9 Å². The summed E-state index contributed by atoms with van der Waals surface area (Å²) in [5, 5.41) is 9.64. The number of carboxylic acid groups (broad SMARTS) is 1. The standard InChI is InChI=1S/C54H99NO8/c1-6-8-10-12-14-16-17-18-19-20-21-22-23-24-25-26-27-28-29-30-31-32-33-34-35-37-39-41-43-45-52(57)63-50(49-62-54(53(58)59)60-47-46-55(3,4)5)48-61-51(56)44-42-40-38-36-15-13-11-9-7-2/h17-18,20-21,23-24,50,54H,6-16,19,22,25-49H2,1-5H3/p+1/b18-17-,21-20-,24-23-. The van der Waals surface area contributed by atoms with Crippen molar-refractivity contribution in [2.24, 2.45) is 0 Å². The van der Waals surface area contributed by atoms with Crippen LogP contribution in [0.15, 0.2) is 36.5 Å². The number of ether oxygens (including phenoxy) is 4. The Morgan fingerprint density at radius 3 is 1.27 bits per heavy atom. The lowest BCUT2D eigenvalue weighted by Gasteiger charge is -2.25. The van der Waals surface area contributed by atoms with Gasteiger partial charge in [0.25, 0.3) is 6.29 Å². The summed E-state index contributed by atoms with van der Waals surface area (Å²) in [6.45, 7) is 4.85. The molecular formula is C54H100NO8+. The van der Waals surface area contributed by atoms with E-state index in [1.165, 1.54) is 154 Å². The van der Waals surface area contributed by atoms with Crippen molar-refractivity contribution in [2.45, 2.75) is 245 Å². The van der Waals surface area contributed by atoms with E-state index in [0.717, 1.165) is 51.4 Å². The number of likely N-dealkylation sites (N-methyl/N-ethyl adjacent to an activating group) is 1. The first-order chi connectivity index (χ1) is 30.6. The number of hydrogen-bond donors (Lipinski definition) is 1. The average Bonchev–Trinajstić information content (AvgIpc) is 3.24. The van der Waals surface area contributed by atoms with Gasteiger partial charge in [-0.3, -0.25) is 9.59 Å². The lowest BCUT2D eigenvalue weighted by atomic mass is 10.0. The Morgan fingerprint density at radius 1 is 0.476 bits per heavy atom. The SMILES string of the molecule is CCCCCCC/C=C\C/C=C\C/C=C\CCCCCCCCCCCCCCCCC(=O)OC(COC(=O)CCCCCCCCCCC)COC(OCC[N+](C)(C)C)C(=O)O. The number of unbranched alkanes of at least 4 members (excludes halogenated alkanes) is 27. The van der Waals surface area contributed by atoms with Crippen molar-refractivity contribution in [1.29, 1.82) is 0 Å². The van der Waals surface area contributed by atoms with Gasteiger partial charge < -0.3 is 28.5 Å². The van der Waals surface area contributed by atoms with Crippen molar-refractivity contribution in [1.82, 2.24) is 0 Å². The Morgan fingerprint density at radius 2 is 0.857 bits per heavy atom. The van der Waals surface area contributed by atoms with Gasteiger partial charge in [0.05, 0.1) is 34.4 Å². The van der Waals surface area contributed by atoms with E-state index in [9.17, 15) is 19.5 Å². The molecule has 9 nitrogen and oxygen atoms in total. The third-order valence-corrected chi connectivity index (χ3v) is 11.4. The molecule has 0 bridgehead atoms. The van der Waals surface area contributed by atoms with Crippen LogP contribution in [0.1, 0.15) is 232 Å². The molecule has 0 aromatic rings. The minimum atomic E-state index is -1.51. The molecule has 2 unspecified atom stereocenters. The maximum Gasteiger partial charge on any atom is 0.361 e. The van der Waals surface area contributed by atoms with Gasteiger partial charge in [-0.25, -0.2) is 4.79 Å². The molecule has 9 heteroatoms. The van der Waals surface area contributed by atoms with Crippen molar-refractivity contribution in [3.63, 3.8) is 0 Å². The summed E-state index contributed by atoms with van der Waals surface area (Å²) in [7, 11) is 5.96. The van der Waals surface area contributed by atoms with Gasteiger partial charge in [0, 0.05) is 12.8 Å². The second kappa shape index (κ2) is 46.1. The smallest absolute Gasteiger partial charge is 0.361 e. The highest BCUT2D eigenvalue weighted by atomic mass is 16.7. The summed E-state index contributed by atoms with van der Waals surface area (Å²) < 4.78 is 22.7. The molecule has 0 spiro atoms. The van der Waals surface area contributed by atoms with Gasteiger partial charge in [0.15, 0.2) is 6.10 Å². The molecule has 0 aliphatic heterocycles. The van der Waals surface area contributed by atoms with Crippen LogP contribution in [-0.2, 0) is 33.3 Å². The van der Waals surface area contributed by atoms with Crippen LogP contribution < -0.4 is 0 Å². The molecule has 0 rings (SSSR count). The van der Waals surface area contributed by atoms with E-state index in [1.807, 2.05) is 21.1 Å². The molecule has 2 atom stereocenters. The number of allylic oxidation sites excluding steroid dienone is 6. The number of carbonyl (C=O) groups excluding carboxylic acids is 2. The largest absolute Gasteiger partial charge is 0.477 e. The molecule has 0 aliphatic rings. The van der Waals surface area contributed by atoms with E-state index in [4.69, 9.17) is 18.9 Å². The number of esters is 2. The van der Waals surface area contributed by atoms with Crippen LogP contribution in [0.4, 0.5) is 0 Å². The van der Waals surface area contributed by atoms with Crippen LogP contribution in [-0.4, -0.2) is 87.4 Å². The van der Waals surface area contributed by atoms with Crippen molar-refractivity contribution >= 4 is 17.9 Å². The minimum Gasteiger partial charge on any atom is -0.477 e. The predicted molar refractivity (Wildman–Crippen MR) is 263 cm³/mol. The number of quaternary nitrogens is 1. The predicted octanol–water partition coefficient (Wildman–Crippen LogP) is 14.6. The van der Waals surface area contributed by atoms with E-state index >= 15 is 0 Å². The molecule has 1 N–H and O–H groups in total. The fraction of sp³-hybridized carbons (Fsp3) is 0.833. The first-order valence-corrected chi connectivity index (χ1v) is 26.2. The Labute approximate surface area is 388 Å². The zero-order chi connectivity index (χ0) is 46.3. The van der Waals surface area contributed by atoms with E-state index in [0.29, 0.717) is 17.4 Å². The molecule has 0 saturated heterocycles. The van der Waals surface area contributed by atoms with E-state index < -0.39 is 24.3 Å². The number of carbonyl (C=O) groups is 3. The maximum absolute atomic E-state index is 12.8. The van der Waals surface area contributed by atoms with Gasteiger partial charge in [-0.15, -0.1) is 0 Å². The molecule has 0 amide bonds. The molecule has 0 aromatic heterocycles. The summed E-state index contributed by atoms with van der Waals surface area (Å²) in [6.07, 6.45) is 50.9. The number of carboxylic acids is 1. The van der Waals surface area contributed by atoms with Gasteiger partial charge in [-0.2, -0.15) is 0 Å². The highest BCUT2D eigenvalue weighted by Gasteiger charge is 2.25. The first kappa shape index (κ1) is 60.5. The zero-order valence-corrected chi connectivity index (χ0v) is 41.7. The van der Waals surface area contributed by atoms with Crippen molar-refractivity contribution < 1.29 is 42.9 Å². The Balaban J connectivity index is 4.12. The van der Waals surface area contributed by atoms with Gasteiger partial charge in [-0.1, -0.05) is 204 Å². The second-order valence-corrected chi connectivity index (χ2v) is 18.8. The molecule has 0 aromatic carbocycles. The van der Waals surface area contributed by atoms with Gasteiger partial charge in [0.1, 0.15) is 13.2 Å². The van der Waals surface area contributed by atoms with Crippen molar-refractivity contribution in [3.8, 4) is 0 Å². The first-order valence-electron chi connectivity index (χ1n) is 26.2. The third kappa shape index (κ3) is 47.3. The molecule has 0 fully saturated rings. The summed E-state index contributed by atoms with van der Waals surface area (Å²) >= 11 is 0. The molecule has 368 valence electrons. The van der Waals surface area contributed by atoms with Crippen molar-refractivity contribution in [3.05, 3.63) is 36.5 Å². The van der Waals surface area contributed by atoms with Crippen LogP contribution in [0.3, 0.4) is 0 Å². The Bertz CT molecular complexity index is 1130. The second-order valence-electron chi connectivity index (χ2n) is 18.8. The lowest BCUT2D eigenvalue weighted by Crippen LogP contribution is -2.40. The zero-order valence-electron chi connectivity index (χ0n) is 41.7. The molecule has 63 heavy (non-hydrogen) atoms. The Hall–Kier alpha value is -2.49. The summed E-state index contributed by atoms with van der Waals surface area (Å²) in [5.74, 6) is -2.00. The van der Waals surface area contributed by atoms with Crippen LogP contribution in [0.5, 0.6) is 0 Å². The fourth-order valence-electron chi connectivity index (χ4n) is 7.31. The number of aliphatic carboxylic acids is 1. The van der Waals surface area contributed by atoms with Crippen molar-refractivity contribution in [2.75, 3.05) is 47.5 Å². The van der Waals surface area contributed by atoms with Crippen LogP contribution in [0.2, 0.25) is 0 Å². The van der Waals surface area contributed by atoms with Crippen LogP contribution >= 0.6 is 0 Å². The average molecular weight is 891 g/mol. The van der Waals surface area contributed by atoms with E-state index in [2.05, 4.69) is 50.3 Å². The van der Waals surface area contributed by atoms with Gasteiger partial charge in [-0.05, 0) is 51.4 Å². The van der Waals surface area contributed by atoms with E-state index in [1.54, 1.807) is 0 Å². The monoisotopic (exact) mass is 891 g/mol. The molecule has 0 aliphatic carbocycles. The lowest BCUT2D eigenvalue weighted by molar-refractivity contribution is -0.870. The topological polar surface area (TPSA) is 108 Å². The normalized spacial score (nSPS) is 13.1. The minimum absolute atomic E-state index is 0.179. The fourth-order valence-corrected chi connectivity index (χ4v) is 7.31. The highest BCUT2D eigenvalue weighted by Crippen LogP contribution is 2.16. The molecule has 0 heterocycles. The van der Waals surface area contributed by atoms with Crippen LogP contribution in [0.25, 0.3) is 0 Å². The number of hydrogen-bond acceptors (Lipinski definition) is 7. The maximum atomic E-state index is 12.8. The number of rotatable bonds is 48. The number of nitrogens with zero attached hydrogens (tertiary/aromatic N) is 1. The van der Waals surface area contributed by atoms with Gasteiger partial charge in [0.2, 0.25) is 0 Å².